The third-order valence-electron chi connectivity index (χ3n) is 4.97. The molecular weight excluding hydrogens is 376 g/mol. The van der Waals surface area contributed by atoms with Gasteiger partial charge in [0.15, 0.2) is 0 Å². The van der Waals surface area contributed by atoms with Crippen molar-refractivity contribution in [3.63, 3.8) is 0 Å². The van der Waals surface area contributed by atoms with Gasteiger partial charge in [0.25, 0.3) is 5.56 Å². The van der Waals surface area contributed by atoms with E-state index in [4.69, 9.17) is 11.6 Å². The number of benzene rings is 2. The van der Waals surface area contributed by atoms with Crippen LogP contribution in [-0.2, 0) is 11.3 Å². The minimum atomic E-state index is -0.305. The van der Waals surface area contributed by atoms with Crippen molar-refractivity contribution in [1.82, 2.24) is 9.55 Å². The van der Waals surface area contributed by atoms with Gasteiger partial charge in [-0.1, -0.05) is 23.7 Å². The fraction of sp³-hybridized carbons (Fsp3) is 0.286. The molecule has 1 saturated heterocycles. The zero-order chi connectivity index (χ0) is 19.5. The fourth-order valence-electron chi connectivity index (χ4n) is 3.55. The molecule has 1 aliphatic rings. The van der Waals surface area contributed by atoms with Crippen LogP contribution in [0.1, 0.15) is 19.3 Å². The minimum absolute atomic E-state index is 0.109. The van der Waals surface area contributed by atoms with Crippen LogP contribution in [0.5, 0.6) is 0 Å². The van der Waals surface area contributed by atoms with Crippen molar-refractivity contribution in [3.05, 3.63) is 64.2 Å². The Morgan fingerprint density at radius 1 is 1.11 bits per heavy atom. The van der Waals surface area contributed by atoms with E-state index in [1.807, 2.05) is 18.2 Å². The highest BCUT2D eigenvalue weighted by atomic mass is 35.5. The molecule has 4 rings (SSSR count). The second kappa shape index (κ2) is 8.02. The van der Waals surface area contributed by atoms with E-state index in [9.17, 15) is 9.59 Å². The van der Waals surface area contributed by atoms with Gasteiger partial charge in [0.2, 0.25) is 5.91 Å². The summed E-state index contributed by atoms with van der Waals surface area (Å²) in [5.74, 6) is -0.305. The Bertz CT molecular complexity index is 1070. The van der Waals surface area contributed by atoms with E-state index in [-0.39, 0.29) is 18.0 Å². The van der Waals surface area contributed by atoms with Crippen LogP contribution in [-0.4, -0.2) is 28.5 Å². The maximum absolute atomic E-state index is 12.5. The molecule has 0 radical (unpaired) electrons. The lowest BCUT2D eigenvalue weighted by molar-refractivity contribution is -0.116. The summed E-state index contributed by atoms with van der Waals surface area (Å²) in [4.78, 5) is 31.4. The van der Waals surface area contributed by atoms with Gasteiger partial charge in [0.1, 0.15) is 6.54 Å². The van der Waals surface area contributed by atoms with Gasteiger partial charge in [-0.05, 0) is 49.6 Å². The maximum atomic E-state index is 12.5. The molecule has 28 heavy (non-hydrogen) atoms. The van der Waals surface area contributed by atoms with E-state index in [0.29, 0.717) is 21.6 Å². The monoisotopic (exact) mass is 396 g/mol. The maximum Gasteiger partial charge on any atom is 0.261 e. The summed E-state index contributed by atoms with van der Waals surface area (Å²) in [6, 6.07) is 12.6. The van der Waals surface area contributed by atoms with Gasteiger partial charge in [-0.3, -0.25) is 14.2 Å². The molecule has 3 aromatic rings. The highest BCUT2D eigenvalue weighted by Gasteiger charge is 2.15. The van der Waals surface area contributed by atoms with Crippen LogP contribution in [0.4, 0.5) is 11.4 Å². The molecule has 0 atom stereocenters. The van der Waals surface area contributed by atoms with Crippen LogP contribution < -0.4 is 15.8 Å². The minimum Gasteiger partial charge on any atom is -0.370 e. The second-order valence-corrected chi connectivity index (χ2v) is 7.36. The van der Waals surface area contributed by atoms with Crippen molar-refractivity contribution in [1.29, 1.82) is 0 Å². The van der Waals surface area contributed by atoms with Gasteiger partial charge in [0.05, 0.1) is 27.9 Å². The standard InChI is InChI=1S/C21H21ClN4O2/c22-17-12-15(8-9-19(17)25-10-4-1-5-11-25)24-20(27)13-26-14-23-18-7-3-2-6-16(18)21(26)28/h2-3,6-9,12,14H,1,4-5,10-11,13H2,(H,24,27). The van der Waals surface area contributed by atoms with Gasteiger partial charge in [-0.25, -0.2) is 4.98 Å². The van der Waals surface area contributed by atoms with Gasteiger partial charge in [0, 0.05) is 18.8 Å². The van der Waals surface area contributed by atoms with Crippen LogP contribution in [0.3, 0.4) is 0 Å². The quantitative estimate of drug-likeness (QED) is 0.730. The van der Waals surface area contributed by atoms with E-state index >= 15 is 0 Å². The number of fused-ring (bicyclic) bond motifs is 1. The molecule has 0 bridgehead atoms. The molecule has 1 aliphatic heterocycles. The molecule has 1 N–H and O–H groups in total. The number of nitrogens with zero attached hydrogens (tertiary/aromatic N) is 3. The first-order valence-corrected chi connectivity index (χ1v) is 9.78. The van der Waals surface area contributed by atoms with Gasteiger partial charge in [-0.15, -0.1) is 0 Å². The van der Waals surface area contributed by atoms with Crippen LogP contribution in [0, 0.1) is 0 Å². The smallest absolute Gasteiger partial charge is 0.261 e. The number of para-hydroxylation sites is 1. The molecule has 0 aliphatic carbocycles. The number of anilines is 2. The molecule has 144 valence electrons. The molecule has 1 aromatic heterocycles. The number of piperidine rings is 1. The average Bonchev–Trinajstić information content (AvgIpc) is 2.71. The lowest BCUT2D eigenvalue weighted by atomic mass is 10.1. The number of amides is 1. The fourth-order valence-corrected chi connectivity index (χ4v) is 3.85. The summed E-state index contributed by atoms with van der Waals surface area (Å²) in [5, 5.41) is 3.91. The van der Waals surface area contributed by atoms with Gasteiger partial charge < -0.3 is 10.2 Å². The highest BCUT2D eigenvalue weighted by Crippen LogP contribution is 2.30. The molecule has 7 heteroatoms. The lowest BCUT2D eigenvalue weighted by Gasteiger charge is -2.29. The molecule has 6 nitrogen and oxygen atoms in total. The Morgan fingerprint density at radius 2 is 1.89 bits per heavy atom. The van der Waals surface area contributed by atoms with Gasteiger partial charge in [-0.2, -0.15) is 0 Å². The summed E-state index contributed by atoms with van der Waals surface area (Å²) >= 11 is 6.44. The molecule has 2 aromatic carbocycles. The number of halogens is 1. The Balaban J connectivity index is 1.47. The first-order valence-electron chi connectivity index (χ1n) is 9.40. The average molecular weight is 397 g/mol. The summed E-state index contributed by atoms with van der Waals surface area (Å²) in [6.07, 6.45) is 4.99. The van der Waals surface area contributed by atoms with E-state index in [1.165, 1.54) is 30.2 Å². The van der Waals surface area contributed by atoms with Crippen molar-refractivity contribution < 1.29 is 4.79 Å². The Morgan fingerprint density at radius 3 is 2.68 bits per heavy atom. The number of rotatable bonds is 4. The van der Waals surface area contributed by atoms with E-state index in [1.54, 1.807) is 24.3 Å². The van der Waals surface area contributed by atoms with Crippen LogP contribution in [0.15, 0.2) is 53.6 Å². The number of hydrogen-bond donors (Lipinski definition) is 1. The summed E-state index contributed by atoms with van der Waals surface area (Å²) in [7, 11) is 0. The van der Waals surface area contributed by atoms with E-state index < -0.39 is 0 Å². The molecule has 0 spiro atoms. The first-order chi connectivity index (χ1) is 13.6. The van der Waals surface area contributed by atoms with Crippen molar-refractivity contribution in [2.24, 2.45) is 0 Å². The summed E-state index contributed by atoms with van der Waals surface area (Å²) in [5.41, 5.74) is 1.98. The van der Waals surface area contributed by atoms with E-state index in [2.05, 4.69) is 15.2 Å². The Hall–Kier alpha value is -2.86. The lowest BCUT2D eigenvalue weighted by Crippen LogP contribution is -2.29. The molecule has 0 unspecified atom stereocenters. The largest absolute Gasteiger partial charge is 0.370 e. The molecule has 1 fully saturated rings. The molecule has 1 amide bonds. The number of carbonyl (C=O) groups excluding carboxylic acids is 1. The van der Waals surface area contributed by atoms with Crippen molar-refractivity contribution in [3.8, 4) is 0 Å². The zero-order valence-electron chi connectivity index (χ0n) is 15.4. The highest BCUT2D eigenvalue weighted by molar-refractivity contribution is 6.33. The summed E-state index contributed by atoms with van der Waals surface area (Å²) < 4.78 is 1.31. The van der Waals surface area contributed by atoms with E-state index in [0.717, 1.165) is 18.8 Å². The normalized spacial score (nSPS) is 14.2. The number of aromatic nitrogens is 2. The van der Waals surface area contributed by atoms with Crippen molar-refractivity contribution in [2.45, 2.75) is 25.8 Å². The van der Waals surface area contributed by atoms with Gasteiger partial charge >= 0.3 is 0 Å². The van der Waals surface area contributed by atoms with Crippen LogP contribution >= 0.6 is 11.6 Å². The zero-order valence-corrected chi connectivity index (χ0v) is 16.2. The summed E-state index contributed by atoms with van der Waals surface area (Å²) in [6.45, 7) is 1.90. The predicted octanol–water partition coefficient (Wildman–Crippen LogP) is 3.68. The number of carbonyl (C=O) groups is 1. The molecular formula is C21H21ClN4O2. The number of nitrogens with one attached hydrogen (secondary N) is 1. The third kappa shape index (κ3) is 3.87. The topological polar surface area (TPSA) is 67.2 Å². The Kier molecular flexibility index (Phi) is 5.30. The predicted molar refractivity (Wildman–Crippen MR) is 112 cm³/mol. The number of hydrogen-bond acceptors (Lipinski definition) is 4. The first kappa shape index (κ1) is 18.5. The third-order valence-corrected chi connectivity index (χ3v) is 5.28. The second-order valence-electron chi connectivity index (χ2n) is 6.96. The Labute approximate surface area is 167 Å². The molecule has 0 saturated carbocycles. The van der Waals surface area contributed by atoms with Crippen LogP contribution in [0.2, 0.25) is 5.02 Å². The van der Waals surface area contributed by atoms with Crippen molar-refractivity contribution in [2.75, 3.05) is 23.3 Å². The molecule has 2 heterocycles. The van der Waals surface area contributed by atoms with Crippen LogP contribution in [0.25, 0.3) is 10.9 Å². The SMILES string of the molecule is O=C(Cn1cnc2ccccc2c1=O)Nc1ccc(N2CCCCC2)c(Cl)c1. The van der Waals surface area contributed by atoms with Crippen molar-refractivity contribution >= 4 is 39.8 Å².